The van der Waals surface area contributed by atoms with Crippen molar-refractivity contribution >= 4 is 21.6 Å². The van der Waals surface area contributed by atoms with Gasteiger partial charge in [-0.2, -0.15) is 0 Å². The van der Waals surface area contributed by atoms with Gasteiger partial charge in [0, 0.05) is 17.3 Å². The number of hydrogen-bond acceptors (Lipinski definition) is 3. The molecule has 1 saturated carbocycles. The van der Waals surface area contributed by atoms with Crippen LogP contribution in [-0.4, -0.2) is 20.4 Å². The SMILES string of the molecule is O=C(Nc1cccc(F)c1)c1cccc(S(=O)(=O)NC2CCCCCC2)c1. The van der Waals surface area contributed by atoms with E-state index in [0.717, 1.165) is 38.5 Å². The van der Waals surface area contributed by atoms with Gasteiger partial charge in [0.15, 0.2) is 0 Å². The maximum Gasteiger partial charge on any atom is 0.255 e. The lowest BCUT2D eigenvalue weighted by molar-refractivity contribution is 0.102. The number of halogens is 1. The minimum atomic E-state index is -3.70. The summed E-state index contributed by atoms with van der Waals surface area (Å²) in [6.07, 6.45) is 5.96. The third kappa shape index (κ3) is 5.37. The zero-order valence-electron chi connectivity index (χ0n) is 14.9. The second-order valence-corrected chi connectivity index (χ2v) is 8.52. The molecule has 27 heavy (non-hydrogen) atoms. The van der Waals surface area contributed by atoms with Gasteiger partial charge in [0.25, 0.3) is 5.91 Å². The predicted molar refractivity (Wildman–Crippen MR) is 103 cm³/mol. The molecule has 0 atom stereocenters. The van der Waals surface area contributed by atoms with Crippen LogP contribution in [0, 0.1) is 5.82 Å². The molecular formula is C20H23FN2O3S. The first kappa shape index (κ1) is 19.5. The van der Waals surface area contributed by atoms with E-state index < -0.39 is 21.7 Å². The third-order valence-corrected chi connectivity index (χ3v) is 6.18. The van der Waals surface area contributed by atoms with Crippen molar-refractivity contribution in [3.63, 3.8) is 0 Å². The van der Waals surface area contributed by atoms with E-state index in [1.165, 1.54) is 42.5 Å². The molecule has 1 fully saturated rings. The van der Waals surface area contributed by atoms with Gasteiger partial charge >= 0.3 is 0 Å². The highest BCUT2D eigenvalue weighted by Crippen LogP contribution is 2.20. The molecule has 0 bridgehead atoms. The molecule has 0 heterocycles. The Kier molecular flexibility index (Phi) is 6.23. The Morgan fingerprint density at radius 2 is 1.67 bits per heavy atom. The first-order valence-corrected chi connectivity index (χ1v) is 10.6. The van der Waals surface area contributed by atoms with Crippen molar-refractivity contribution < 1.29 is 17.6 Å². The number of amides is 1. The Morgan fingerprint density at radius 3 is 2.37 bits per heavy atom. The molecule has 2 aromatic carbocycles. The molecule has 5 nitrogen and oxygen atoms in total. The number of anilines is 1. The maximum absolute atomic E-state index is 13.3. The lowest BCUT2D eigenvalue weighted by Gasteiger charge is -2.16. The van der Waals surface area contributed by atoms with Gasteiger partial charge in [0.05, 0.1) is 4.90 Å². The molecule has 0 unspecified atom stereocenters. The van der Waals surface area contributed by atoms with E-state index in [2.05, 4.69) is 10.0 Å². The van der Waals surface area contributed by atoms with Gasteiger partial charge in [-0.1, -0.05) is 37.8 Å². The van der Waals surface area contributed by atoms with Crippen LogP contribution in [0.3, 0.4) is 0 Å². The minimum Gasteiger partial charge on any atom is -0.322 e. The summed E-state index contributed by atoms with van der Waals surface area (Å²) in [5.74, 6) is -0.955. The second-order valence-electron chi connectivity index (χ2n) is 6.80. The Morgan fingerprint density at radius 1 is 0.963 bits per heavy atom. The molecule has 2 aromatic rings. The number of carbonyl (C=O) groups is 1. The zero-order chi connectivity index (χ0) is 19.3. The number of sulfonamides is 1. The van der Waals surface area contributed by atoms with Gasteiger partial charge < -0.3 is 5.32 Å². The highest BCUT2D eigenvalue weighted by Gasteiger charge is 2.22. The topological polar surface area (TPSA) is 75.3 Å². The minimum absolute atomic E-state index is 0.0543. The molecule has 0 spiro atoms. The van der Waals surface area contributed by atoms with Crippen molar-refractivity contribution in [3.8, 4) is 0 Å². The summed E-state index contributed by atoms with van der Waals surface area (Å²) in [6, 6.07) is 11.3. The molecule has 7 heteroatoms. The normalized spacial score (nSPS) is 15.9. The van der Waals surface area contributed by atoms with Crippen molar-refractivity contribution in [2.45, 2.75) is 49.5 Å². The summed E-state index contributed by atoms with van der Waals surface area (Å²) in [6.45, 7) is 0. The first-order chi connectivity index (χ1) is 12.9. The number of hydrogen-bond donors (Lipinski definition) is 2. The molecule has 2 N–H and O–H groups in total. The monoisotopic (exact) mass is 390 g/mol. The Bertz CT molecular complexity index is 907. The maximum atomic E-state index is 13.3. The van der Waals surface area contributed by atoms with Crippen LogP contribution in [-0.2, 0) is 10.0 Å². The number of carbonyl (C=O) groups excluding carboxylic acids is 1. The van der Waals surface area contributed by atoms with E-state index in [4.69, 9.17) is 0 Å². The van der Waals surface area contributed by atoms with Crippen LogP contribution in [0.1, 0.15) is 48.9 Å². The summed E-state index contributed by atoms with van der Waals surface area (Å²) >= 11 is 0. The third-order valence-electron chi connectivity index (χ3n) is 4.67. The number of benzene rings is 2. The lowest BCUT2D eigenvalue weighted by atomic mass is 10.1. The van der Waals surface area contributed by atoms with Crippen LogP contribution in [0.15, 0.2) is 53.4 Å². The first-order valence-electron chi connectivity index (χ1n) is 9.13. The molecule has 144 valence electrons. The Labute approximate surface area is 159 Å². The van der Waals surface area contributed by atoms with Crippen LogP contribution in [0.5, 0.6) is 0 Å². The van der Waals surface area contributed by atoms with Gasteiger partial charge in [-0.25, -0.2) is 17.5 Å². The van der Waals surface area contributed by atoms with Crippen molar-refractivity contribution in [2.24, 2.45) is 0 Å². The average molecular weight is 390 g/mol. The summed E-state index contributed by atoms with van der Waals surface area (Å²) in [4.78, 5) is 12.4. The summed E-state index contributed by atoms with van der Waals surface area (Å²) < 4.78 is 41.4. The van der Waals surface area contributed by atoms with E-state index in [1.807, 2.05) is 0 Å². The fraction of sp³-hybridized carbons (Fsp3) is 0.350. The van der Waals surface area contributed by atoms with E-state index >= 15 is 0 Å². The van der Waals surface area contributed by atoms with Crippen molar-refractivity contribution in [1.29, 1.82) is 0 Å². The number of nitrogens with one attached hydrogen (secondary N) is 2. The summed E-state index contributed by atoms with van der Waals surface area (Å²) in [5.41, 5.74) is 0.507. The quantitative estimate of drug-likeness (QED) is 0.756. The van der Waals surface area contributed by atoms with E-state index in [-0.39, 0.29) is 16.5 Å². The average Bonchev–Trinajstić information content (AvgIpc) is 2.90. The zero-order valence-corrected chi connectivity index (χ0v) is 15.8. The second kappa shape index (κ2) is 8.63. The largest absolute Gasteiger partial charge is 0.322 e. The van der Waals surface area contributed by atoms with Gasteiger partial charge in [-0.3, -0.25) is 4.79 Å². The van der Waals surface area contributed by atoms with Gasteiger partial charge in [0.1, 0.15) is 5.82 Å². The van der Waals surface area contributed by atoms with E-state index in [0.29, 0.717) is 5.69 Å². The van der Waals surface area contributed by atoms with E-state index in [1.54, 1.807) is 6.07 Å². The Balaban J connectivity index is 1.74. The van der Waals surface area contributed by atoms with Crippen LogP contribution in [0.25, 0.3) is 0 Å². The molecule has 1 aliphatic carbocycles. The molecule has 1 amide bonds. The summed E-state index contributed by atoms with van der Waals surface area (Å²) in [5, 5.41) is 2.57. The van der Waals surface area contributed by atoms with Crippen molar-refractivity contribution in [3.05, 3.63) is 59.9 Å². The fourth-order valence-electron chi connectivity index (χ4n) is 3.26. The van der Waals surface area contributed by atoms with Crippen LogP contribution < -0.4 is 10.0 Å². The molecule has 0 aromatic heterocycles. The van der Waals surface area contributed by atoms with Crippen LogP contribution in [0.2, 0.25) is 0 Å². The molecule has 1 aliphatic rings. The van der Waals surface area contributed by atoms with Crippen molar-refractivity contribution in [1.82, 2.24) is 4.72 Å². The van der Waals surface area contributed by atoms with E-state index in [9.17, 15) is 17.6 Å². The molecule has 0 aliphatic heterocycles. The molecular weight excluding hydrogens is 367 g/mol. The van der Waals surface area contributed by atoms with Gasteiger partial charge in [-0.05, 0) is 49.2 Å². The van der Waals surface area contributed by atoms with Crippen LogP contribution >= 0.6 is 0 Å². The lowest BCUT2D eigenvalue weighted by Crippen LogP contribution is -2.34. The van der Waals surface area contributed by atoms with Crippen LogP contribution in [0.4, 0.5) is 10.1 Å². The van der Waals surface area contributed by atoms with Crippen molar-refractivity contribution in [2.75, 3.05) is 5.32 Å². The molecule has 0 saturated heterocycles. The molecule has 3 rings (SSSR count). The van der Waals surface area contributed by atoms with Gasteiger partial charge in [-0.15, -0.1) is 0 Å². The fourth-order valence-corrected chi connectivity index (χ4v) is 4.61. The van der Waals surface area contributed by atoms with Gasteiger partial charge in [0.2, 0.25) is 10.0 Å². The smallest absolute Gasteiger partial charge is 0.255 e. The Hall–Kier alpha value is -2.25. The molecule has 0 radical (unpaired) electrons. The number of rotatable bonds is 5. The standard InChI is InChI=1S/C20H23FN2O3S/c21-16-8-6-11-18(14-16)22-20(24)15-7-5-12-19(13-15)27(25,26)23-17-9-3-1-2-4-10-17/h5-8,11-14,17,23H,1-4,9-10H2,(H,22,24). The highest BCUT2D eigenvalue weighted by atomic mass is 32.2. The predicted octanol–water partition coefficient (Wildman–Crippen LogP) is 4.08. The summed E-state index contributed by atoms with van der Waals surface area (Å²) in [7, 11) is -3.70. The highest BCUT2D eigenvalue weighted by molar-refractivity contribution is 7.89.